The summed E-state index contributed by atoms with van der Waals surface area (Å²) in [5, 5.41) is 0. The molecule has 1 fully saturated rings. The summed E-state index contributed by atoms with van der Waals surface area (Å²) >= 11 is 0. The van der Waals surface area contributed by atoms with Crippen LogP contribution in [-0.4, -0.2) is 53.4 Å². The zero-order chi connectivity index (χ0) is 13.0. The van der Waals surface area contributed by atoms with Gasteiger partial charge in [-0.3, -0.25) is 14.7 Å². The number of amides is 1. The number of likely N-dealkylation sites (N-methyl/N-ethyl adjacent to an activating group) is 1. The molecule has 0 radical (unpaired) electrons. The van der Waals surface area contributed by atoms with E-state index in [9.17, 15) is 4.79 Å². The zero-order valence-electron chi connectivity index (χ0n) is 10.7. The Balaban J connectivity index is 2.01. The maximum Gasteiger partial charge on any atom is 0.237 e. The number of pyridine rings is 1. The number of piperazine rings is 1. The van der Waals surface area contributed by atoms with Crippen LogP contribution in [0.5, 0.6) is 0 Å². The van der Waals surface area contributed by atoms with Gasteiger partial charge in [-0.2, -0.15) is 0 Å². The molecule has 5 nitrogen and oxygen atoms in total. The van der Waals surface area contributed by atoms with Gasteiger partial charge in [0.25, 0.3) is 0 Å². The summed E-state index contributed by atoms with van der Waals surface area (Å²) < 4.78 is 0. The average Bonchev–Trinajstić information content (AvgIpc) is 2.37. The largest absolute Gasteiger partial charge is 0.334 e. The highest BCUT2D eigenvalue weighted by molar-refractivity contribution is 5.79. The van der Waals surface area contributed by atoms with Gasteiger partial charge in [0.15, 0.2) is 0 Å². The zero-order valence-corrected chi connectivity index (χ0v) is 10.7. The van der Waals surface area contributed by atoms with Crippen LogP contribution in [0.1, 0.15) is 12.1 Å². The minimum atomic E-state index is 0.163. The third-order valence-electron chi connectivity index (χ3n) is 3.37. The standard InChI is InChI=1S/C13H20N4O/c1-16-10-13(18)17(9-12(16)5-6-14)8-11-4-2-3-7-15-11/h2-4,7,12H,5-6,8-10,14H2,1H3. The first-order valence-corrected chi connectivity index (χ1v) is 6.28. The Morgan fingerprint density at radius 3 is 3.00 bits per heavy atom. The van der Waals surface area contributed by atoms with Crippen LogP contribution in [0.2, 0.25) is 0 Å². The minimum absolute atomic E-state index is 0.163. The first-order chi connectivity index (χ1) is 8.70. The van der Waals surface area contributed by atoms with Gasteiger partial charge in [-0.15, -0.1) is 0 Å². The predicted molar refractivity (Wildman–Crippen MR) is 69.7 cm³/mol. The summed E-state index contributed by atoms with van der Waals surface area (Å²) in [5.41, 5.74) is 6.54. The molecule has 2 rings (SSSR count). The molecule has 0 aromatic carbocycles. The van der Waals surface area contributed by atoms with Crippen molar-refractivity contribution < 1.29 is 4.79 Å². The van der Waals surface area contributed by atoms with Gasteiger partial charge < -0.3 is 10.6 Å². The van der Waals surface area contributed by atoms with Crippen molar-refractivity contribution in [3.8, 4) is 0 Å². The Labute approximate surface area is 108 Å². The fraction of sp³-hybridized carbons (Fsp3) is 0.538. The highest BCUT2D eigenvalue weighted by Crippen LogP contribution is 2.13. The molecule has 2 N–H and O–H groups in total. The molecule has 1 aliphatic heterocycles. The van der Waals surface area contributed by atoms with E-state index >= 15 is 0 Å². The minimum Gasteiger partial charge on any atom is -0.334 e. The molecule has 1 unspecified atom stereocenters. The highest BCUT2D eigenvalue weighted by Gasteiger charge is 2.29. The topological polar surface area (TPSA) is 62.5 Å². The van der Waals surface area contributed by atoms with Crippen molar-refractivity contribution in [3.05, 3.63) is 30.1 Å². The molecule has 2 heterocycles. The van der Waals surface area contributed by atoms with Crippen molar-refractivity contribution in [2.45, 2.75) is 19.0 Å². The molecule has 0 aliphatic carbocycles. The molecule has 0 saturated carbocycles. The van der Waals surface area contributed by atoms with Crippen LogP contribution in [0.3, 0.4) is 0 Å². The van der Waals surface area contributed by atoms with Crippen molar-refractivity contribution >= 4 is 5.91 Å². The molecule has 0 spiro atoms. The normalized spacial score (nSPS) is 21.3. The van der Waals surface area contributed by atoms with E-state index in [1.807, 2.05) is 30.1 Å². The SMILES string of the molecule is CN1CC(=O)N(Cc2ccccn2)CC1CCN. The van der Waals surface area contributed by atoms with Crippen molar-refractivity contribution in [1.29, 1.82) is 0 Å². The average molecular weight is 248 g/mol. The second-order valence-corrected chi connectivity index (χ2v) is 4.74. The number of hydrogen-bond donors (Lipinski definition) is 1. The van der Waals surface area contributed by atoms with Crippen molar-refractivity contribution in [2.75, 3.05) is 26.7 Å². The quantitative estimate of drug-likeness (QED) is 0.819. The smallest absolute Gasteiger partial charge is 0.237 e. The van der Waals surface area contributed by atoms with E-state index in [1.165, 1.54) is 0 Å². The summed E-state index contributed by atoms with van der Waals surface area (Å²) in [6, 6.07) is 6.13. The molecule has 0 bridgehead atoms. The molecule has 1 saturated heterocycles. The van der Waals surface area contributed by atoms with Gasteiger partial charge in [-0.1, -0.05) is 6.07 Å². The number of carbonyl (C=O) groups is 1. The summed E-state index contributed by atoms with van der Waals surface area (Å²) in [7, 11) is 1.98. The van der Waals surface area contributed by atoms with Crippen LogP contribution >= 0.6 is 0 Å². The first-order valence-electron chi connectivity index (χ1n) is 6.28. The van der Waals surface area contributed by atoms with Gasteiger partial charge in [-0.25, -0.2) is 0 Å². The van der Waals surface area contributed by atoms with E-state index < -0.39 is 0 Å². The van der Waals surface area contributed by atoms with Crippen LogP contribution in [0.4, 0.5) is 0 Å². The van der Waals surface area contributed by atoms with Gasteiger partial charge in [0.2, 0.25) is 5.91 Å². The number of nitrogens with two attached hydrogens (primary N) is 1. The summed E-state index contributed by atoms with van der Waals surface area (Å²) in [5.74, 6) is 0.163. The lowest BCUT2D eigenvalue weighted by molar-refractivity contribution is -0.138. The van der Waals surface area contributed by atoms with Crippen molar-refractivity contribution in [2.24, 2.45) is 5.73 Å². The number of carbonyl (C=O) groups excluding carboxylic acids is 1. The fourth-order valence-corrected chi connectivity index (χ4v) is 2.28. The van der Waals surface area contributed by atoms with E-state index in [2.05, 4.69) is 9.88 Å². The molecular weight excluding hydrogens is 228 g/mol. The molecule has 1 aliphatic rings. The molecule has 1 atom stereocenters. The third kappa shape index (κ3) is 3.05. The van der Waals surface area contributed by atoms with Crippen molar-refractivity contribution in [1.82, 2.24) is 14.8 Å². The van der Waals surface area contributed by atoms with Crippen molar-refractivity contribution in [3.63, 3.8) is 0 Å². The summed E-state index contributed by atoms with van der Waals surface area (Å²) in [6.45, 7) is 2.45. The van der Waals surface area contributed by atoms with E-state index in [0.717, 1.165) is 18.7 Å². The molecular formula is C13H20N4O. The number of hydrogen-bond acceptors (Lipinski definition) is 4. The maximum absolute atomic E-state index is 12.0. The molecule has 1 aromatic heterocycles. The lowest BCUT2D eigenvalue weighted by Crippen LogP contribution is -2.54. The monoisotopic (exact) mass is 248 g/mol. The van der Waals surface area contributed by atoms with Gasteiger partial charge in [-0.05, 0) is 32.1 Å². The van der Waals surface area contributed by atoms with E-state index in [-0.39, 0.29) is 5.91 Å². The maximum atomic E-state index is 12.0. The molecule has 5 heteroatoms. The third-order valence-corrected chi connectivity index (χ3v) is 3.37. The summed E-state index contributed by atoms with van der Waals surface area (Å²) in [4.78, 5) is 20.2. The Morgan fingerprint density at radius 1 is 1.50 bits per heavy atom. The second-order valence-electron chi connectivity index (χ2n) is 4.74. The van der Waals surface area contributed by atoms with Gasteiger partial charge in [0.1, 0.15) is 0 Å². The van der Waals surface area contributed by atoms with Gasteiger partial charge in [0, 0.05) is 18.8 Å². The molecule has 18 heavy (non-hydrogen) atoms. The molecule has 1 aromatic rings. The van der Waals surface area contributed by atoms with E-state index in [1.54, 1.807) is 6.20 Å². The Morgan fingerprint density at radius 2 is 2.33 bits per heavy atom. The number of aromatic nitrogens is 1. The van der Waals surface area contributed by atoms with E-state index in [4.69, 9.17) is 5.73 Å². The Kier molecular flexibility index (Phi) is 4.28. The van der Waals surface area contributed by atoms with Crippen LogP contribution in [0.15, 0.2) is 24.4 Å². The van der Waals surface area contributed by atoms with E-state index in [0.29, 0.717) is 25.7 Å². The lowest BCUT2D eigenvalue weighted by Gasteiger charge is -2.38. The van der Waals surface area contributed by atoms with Gasteiger partial charge in [0.05, 0.1) is 18.8 Å². The van der Waals surface area contributed by atoms with Crippen LogP contribution < -0.4 is 5.73 Å². The predicted octanol–water partition coefficient (Wildman–Crippen LogP) is 0.0730. The van der Waals surface area contributed by atoms with Crippen LogP contribution in [-0.2, 0) is 11.3 Å². The Hall–Kier alpha value is -1.46. The second kappa shape index (κ2) is 5.93. The molecule has 1 amide bonds. The lowest BCUT2D eigenvalue weighted by atomic mass is 10.1. The van der Waals surface area contributed by atoms with Gasteiger partial charge >= 0.3 is 0 Å². The fourth-order valence-electron chi connectivity index (χ4n) is 2.28. The molecule has 98 valence electrons. The first kappa shape index (κ1) is 13.0. The number of nitrogens with zero attached hydrogens (tertiary/aromatic N) is 3. The van der Waals surface area contributed by atoms with Crippen LogP contribution in [0.25, 0.3) is 0 Å². The number of rotatable bonds is 4. The van der Waals surface area contributed by atoms with Crippen LogP contribution in [0, 0.1) is 0 Å². The summed E-state index contributed by atoms with van der Waals surface area (Å²) in [6.07, 6.45) is 2.68. The Bertz CT molecular complexity index is 395. The highest BCUT2D eigenvalue weighted by atomic mass is 16.2.